The molecule has 3 aromatic rings. The fourth-order valence-electron chi connectivity index (χ4n) is 3.28. The quantitative estimate of drug-likeness (QED) is 0.379. The summed E-state index contributed by atoms with van der Waals surface area (Å²) in [6, 6.07) is 24.1. The molecule has 0 unspecified atom stereocenters. The fraction of sp³-hybridized carbons (Fsp3) is 0.296. The number of benzene rings is 2. The van der Waals surface area contributed by atoms with Crippen LogP contribution in [-0.4, -0.2) is 67.0 Å². The highest BCUT2D eigenvalue weighted by molar-refractivity contribution is 5.96. The van der Waals surface area contributed by atoms with Gasteiger partial charge in [-0.15, -0.1) is 0 Å². The molecule has 7 nitrogen and oxygen atoms in total. The number of para-hydroxylation sites is 2. The lowest BCUT2D eigenvalue weighted by atomic mass is 10.2. The van der Waals surface area contributed by atoms with E-state index in [1.54, 1.807) is 42.1 Å². The molecule has 0 N–H and O–H groups in total. The van der Waals surface area contributed by atoms with Crippen LogP contribution in [0.4, 0.5) is 0 Å². The average Bonchev–Trinajstić information content (AvgIpc) is 2.89. The highest BCUT2D eigenvalue weighted by atomic mass is 16.5. The summed E-state index contributed by atoms with van der Waals surface area (Å²) in [6.45, 7) is 2.05. The van der Waals surface area contributed by atoms with Crippen LogP contribution in [0.5, 0.6) is 11.5 Å². The molecule has 0 aliphatic heterocycles. The van der Waals surface area contributed by atoms with E-state index in [2.05, 4.69) is 4.98 Å². The van der Waals surface area contributed by atoms with E-state index in [9.17, 15) is 9.59 Å². The second kappa shape index (κ2) is 13.0. The monoisotopic (exact) mass is 461 g/mol. The summed E-state index contributed by atoms with van der Waals surface area (Å²) in [4.78, 5) is 33.1. The Morgan fingerprint density at radius 1 is 0.647 bits per heavy atom. The van der Waals surface area contributed by atoms with Crippen LogP contribution < -0.4 is 9.47 Å². The second-order valence-electron chi connectivity index (χ2n) is 7.89. The number of carbonyl (C=O) groups is 2. The Balaban J connectivity index is 1.44. The van der Waals surface area contributed by atoms with Crippen LogP contribution in [-0.2, 0) is 0 Å². The lowest BCUT2D eigenvalue weighted by Gasteiger charge is -2.19. The van der Waals surface area contributed by atoms with Gasteiger partial charge in [-0.05, 0) is 49.2 Å². The van der Waals surface area contributed by atoms with Crippen molar-refractivity contribution in [2.75, 3.05) is 40.4 Å². The highest BCUT2D eigenvalue weighted by Crippen LogP contribution is 2.11. The van der Waals surface area contributed by atoms with Crippen LogP contribution >= 0.6 is 0 Å². The first-order valence-electron chi connectivity index (χ1n) is 11.4. The number of amides is 2. The predicted molar refractivity (Wildman–Crippen MR) is 131 cm³/mol. The van der Waals surface area contributed by atoms with E-state index >= 15 is 0 Å². The zero-order chi connectivity index (χ0) is 24.2. The summed E-state index contributed by atoms with van der Waals surface area (Å²) >= 11 is 0. The number of pyridine rings is 1. The molecule has 2 amide bonds. The molecule has 178 valence electrons. The smallest absolute Gasteiger partial charge is 0.272 e. The normalized spacial score (nSPS) is 10.4. The molecule has 0 aliphatic rings. The number of hydrogen-bond acceptors (Lipinski definition) is 5. The van der Waals surface area contributed by atoms with Gasteiger partial charge in [-0.3, -0.25) is 9.59 Å². The van der Waals surface area contributed by atoms with E-state index in [-0.39, 0.29) is 23.2 Å². The topological polar surface area (TPSA) is 72.0 Å². The molecule has 1 aromatic heterocycles. The Morgan fingerprint density at radius 3 is 1.47 bits per heavy atom. The molecule has 0 fully saturated rings. The molecule has 1 heterocycles. The minimum absolute atomic E-state index is 0.228. The molecule has 34 heavy (non-hydrogen) atoms. The SMILES string of the molecule is CN(CCCOc1ccccc1)C(=O)c1cccc(C(=O)N(C)CCCOc2ccccc2)n1. The minimum Gasteiger partial charge on any atom is -0.494 e. The lowest BCUT2D eigenvalue weighted by Crippen LogP contribution is -2.32. The molecule has 0 atom stereocenters. The van der Waals surface area contributed by atoms with Crippen LogP contribution in [0.1, 0.15) is 33.8 Å². The van der Waals surface area contributed by atoms with E-state index in [4.69, 9.17) is 9.47 Å². The Morgan fingerprint density at radius 2 is 1.06 bits per heavy atom. The van der Waals surface area contributed by atoms with Crippen molar-refractivity contribution in [1.29, 1.82) is 0 Å². The van der Waals surface area contributed by atoms with Gasteiger partial charge in [0.15, 0.2) is 0 Å². The zero-order valence-electron chi connectivity index (χ0n) is 19.7. The van der Waals surface area contributed by atoms with Crippen LogP contribution in [0, 0.1) is 0 Å². The number of nitrogens with zero attached hydrogens (tertiary/aromatic N) is 3. The van der Waals surface area contributed by atoms with Crippen LogP contribution in [0.15, 0.2) is 78.9 Å². The van der Waals surface area contributed by atoms with Crippen molar-refractivity contribution in [1.82, 2.24) is 14.8 Å². The highest BCUT2D eigenvalue weighted by Gasteiger charge is 2.18. The van der Waals surface area contributed by atoms with Crippen molar-refractivity contribution in [2.24, 2.45) is 0 Å². The van der Waals surface area contributed by atoms with E-state index in [0.29, 0.717) is 39.1 Å². The van der Waals surface area contributed by atoms with E-state index in [1.165, 1.54) is 0 Å². The second-order valence-corrected chi connectivity index (χ2v) is 7.89. The number of rotatable bonds is 12. The summed E-state index contributed by atoms with van der Waals surface area (Å²) in [6.07, 6.45) is 1.37. The van der Waals surface area contributed by atoms with Crippen molar-refractivity contribution in [3.8, 4) is 11.5 Å². The summed E-state index contributed by atoms with van der Waals surface area (Å²) in [5.41, 5.74) is 0.497. The molecular formula is C27H31N3O4. The predicted octanol–water partition coefficient (Wildman–Crippen LogP) is 4.16. The van der Waals surface area contributed by atoms with E-state index in [1.807, 2.05) is 60.7 Å². The van der Waals surface area contributed by atoms with Gasteiger partial charge < -0.3 is 19.3 Å². The maximum Gasteiger partial charge on any atom is 0.272 e. The largest absolute Gasteiger partial charge is 0.494 e. The lowest BCUT2D eigenvalue weighted by molar-refractivity contribution is 0.0775. The average molecular weight is 462 g/mol. The summed E-state index contributed by atoms with van der Waals surface area (Å²) in [5.74, 6) is 1.15. The molecular weight excluding hydrogens is 430 g/mol. The third-order valence-electron chi connectivity index (χ3n) is 5.18. The van der Waals surface area contributed by atoms with Gasteiger partial charge in [0.2, 0.25) is 0 Å². The van der Waals surface area contributed by atoms with Crippen molar-refractivity contribution in [3.63, 3.8) is 0 Å². The molecule has 0 aliphatic carbocycles. The Kier molecular flexibility index (Phi) is 9.46. The van der Waals surface area contributed by atoms with Crippen molar-refractivity contribution < 1.29 is 19.1 Å². The van der Waals surface area contributed by atoms with Gasteiger partial charge >= 0.3 is 0 Å². The Labute approximate surface area is 200 Å². The van der Waals surface area contributed by atoms with Crippen LogP contribution in [0.25, 0.3) is 0 Å². The fourth-order valence-corrected chi connectivity index (χ4v) is 3.28. The number of carbonyl (C=O) groups excluding carboxylic acids is 2. The molecule has 3 rings (SSSR count). The first kappa shape index (κ1) is 24.8. The molecule has 0 saturated carbocycles. The van der Waals surface area contributed by atoms with Crippen molar-refractivity contribution >= 4 is 11.8 Å². The standard InChI is InChI=1S/C27H31N3O4/c1-29(18-10-20-33-22-12-5-3-6-13-22)26(31)24-16-9-17-25(28-24)27(32)30(2)19-11-21-34-23-14-7-4-8-15-23/h3-9,12-17H,10-11,18-21H2,1-2H3. The van der Waals surface area contributed by atoms with Crippen LogP contribution in [0.3, 0.4) is 0 Å². The number of ether oxygens (including phenoxy) is 2. The van der Waals surface area contributed by atoms with Crippen molar-refractivity contribution in [2.45, 2.75) is 12.8 Å². The first-order valence-corrected chi connectivity index (χ1v) is 11.4. The first-order chi connectivity index (χ1) is 16.5. The van der Waals surface area contributed by atoms with Gasteiger partial charge in [-0.1, -0.05) is 42.5 Å². The molecule has 7 heteroatoms. The molecule has 0 radical (unpaired) electrons. The van der Waals surface area contributed by atoms with Gasteiger partial charge in [0.05, 0.1) is 13.2 Å². The van der Waals surface area contributed by atoms with Gasteiger partial charge in [0.1, 0.15) is 22.9 Å². The van der Waals surface area contributed by atoms with Gasteiger partial charge in [-0.2, -0.15) is 0 Å². The summed E-state index contributed by atoms with van der Waals surface area (Å²) in [5, 5.41) is 0. The Bertz CT molecular complexity index is 963. The zero-order valence-corrected chi connectivity index (χ0v) is 19.7. The maximum atomic E-state index is 12.8. The van der Waals surface area contributed by atoms with Crippen LogP contribution in [0.2, 0.25) is 0 Å². The van der Waals surface area contributed by atoms with E-state index < -0.39 is 0 Å². The molecule has 0 bridgehead atoms. The van der Waals surface area contributed by atoms with Gasteiger partial charge in [0, 0.05) is 27.2 Å². The minimum atomic E-state index is -0.228. The maximum absolute atomic E-state index is 12.8. The van der Waals surface area contributed by atoms with E-state index in [0.717, 1.165) is 11.5 Å². The number of hydrogen-bond donors (Lipinski definition) is 0. The number of aromatic nitrogens is 1. The molecule has 0 spiro atoms. The third kappa shape index (κ3) is 7.62. The molecule has 2 aromatic carbocycles. The van der Waals surface area contributed by atoms with Crippen molar-refractivity contribution in [3.05, 3.63) is 90.3 Å². The Hall–Kier alpha value is -3.87. The summed E-state index contributed by atoms with van der Waals surface area (Å²) < 4.78 is 11.3. The van der Waals surface area contributed by atoms with Gasteiger partial charge in [-0.25, -0.2) is 4.98 Å². The summed E-state index contributed by atoms with van der Waals surface area (Å²) in [7, 11) is 3.44. The van der Waals surface area contributed by atoms with Gasteiger partial charge in [0.25, 0.3) is 11.8 Å². The third-order valence-corrected chi connectivity index (χ3v) is 5.18. The molecule has 0 saturated heterocycles.